The number of carboxylic acid groups (broad SMARTS) is 1. The van der Waals surface area contributed by atoms with E-state index >= 15 is 0 Å². The number of aromatic carboxylic acids is 1. The number of rotatable bonds is 1. The van der Waals surface area contributed by atoms with Gasteiger partial charge in [0.05, 0.1) is 5.56 Å². The van der Waals surface area contributed by atoms with Crippen LogP contribution in [0.2, 0.25) is 0 Å². The fraction of sp³-hybridized carbons (Fsp3) is 0. The SMILES string of the molecule is O=C(O)c1[c]ccc(O)c1. The zero-order valence-corrected chi connectivity index (χ0v) is 5.03. The predicted octanol–water partition coefficient (Wildman–Crippen LogP) is 0.891. The van der Waals surface area contributed by atoms with Crippen molar-refractivity contribution in [3.05, 3.63) is 29.8 Å². The zero-order valence-electron chi connectivity index (χ0n) is 5.03. The first-order valence-electron chi connectivity index (χ1n) is 2.64. The maximum absolute atomic E-state index is 10.2. The Morgan fingerprint density at radius 1 is 1.60 bits per heavy atom. The molecule has 0 aliphatic carbocycles. The fourth-order valence-corrected chi connectivity index (χ4v) is 0.578. The molecule has 0 fully saturated rings. The van der Waals surface area contributed by atoms with Crippen molar-refractivity contribution in [2.45, 2.75) is 0 Å². The van der Waals surface area contributed by atoms with E-state index in [4.69, 9.17) is 10.2 Å². The normalized spacial score (nSPS) is 9.20. The average molecular weight is 137 g/mol. The Morgan fingerprint density at radius 2 is 2.30 bits per heavy atom. The van der Waals surface area contributed by atoms with E-state index in [2.05, 4.69) is 6.07 Å². The molecule has 0 saturated carbocycles. The van der Waals surface area contributed by atoms with Gasteiger partial charge in [-0.15, -0.1) is 0 Å². The van der Waals surface area contributed by atoms with E-state index in [1.54, 1.807) is 0 Å². The minimum absolute atomic E-state index is 0.0278. The summed E-state index contributed by atoms with van der Waals surface area (Å²) in [6, 6.07) is 6.32. The van der Waals surface area contributed by atoms with Crippen molar-refractivity contribution in [3.63, 3.8) is 0 Å². The summed E-state index contributed by atoms with van der Waals surface area (Å²) >= 11 is 0. The van der Waals surface area contributed by atoms with Crippen LogP contribution in [0.15, 0.2) is 18.2 Å². The molecule has 0 aliphatic rings. The van der Waals surface area contributed by atoms with Crippen LogP contribution in [-0.4, -0.2) is 16.2 Å². The molecule has 1 aromatic rings. The van der Waals surface area contributed by atoms with E-state index in [1.165, 1.54) is 12.1 Å². The van der Waals surface area contributed by atoms with Crippen LogP contribution in [-0.2, 0) is 0 Å². The van der Waals surface area contributed by atoms with Crippen molar-refractivity contribution >= 4 is 5.97 Å². The van der Waals surface area contributed by atoms with Crippen LogP contribution in [0, 0.1) is 6.07 Å². The van der Waals surface area contributed by atoms with Crippen LogP contribution in [0.3, 0.4) is 0 Å². The van der Waals surface area contributed by atoms with Gasteiger partial charge in [-0.3, -0.25) is 0 Å². The maximum Gasteiger partial charge on any atom is 0.336 e. The van der Waals surface area contributed by atoms with Gasteiger partial charge < -0.3 is 10.2 Å². The van der Waals surface area contributed by atoms with Gasteiger partial charge in [0.15, 0.2) is 0 Å². The third kappa shape index (κ3) is 1.25. The van der Waals surface area contributed by atoms with Crippen molar-refractivity contribution in [3.8, 4) is 5.75 Å². The number of carbonyl (C=O) groups is 1. The summed E-state index contributed by atoms with van der Waals surface area (Å²) in [4.78, 5) is 10.2. The lowest BCUT2D eigenvalue weighted by Gasteiger charge is -1.92. The molecule has 0 spiro atoms. The average Bonchev–Trinajstić information content (AvgIpc) is 1.88. The minimum atomic E-state index is -1.09. The number of hydrogen-bond acceptors (Lipinski definition) is 2. The van der Waals surface area contributed by atoms with Gasteiger partial charge in [0.25, 0.3) is 0 Å². The molecular formula is C7H5O3. The van der Waals surface area contributed by atoms with Gasteiger partial charge in [0.1, 0.15) is 5.75 Å². The van der Waals surface area contributed by atoms with Crippen LogP contribution < -0.4 is 0 Å². The Morgan fingerprint density at radius 3 is 2.70 bits per heavy atom. The van der Waals surface area contributed by atoms with Gasteiger partial charge in [-0.2, -0.15) is 0 Å². The Balaban J connectivity index is 3.07. The molecule has 0 amide bonds. The second kappa shape index (κ2) is 2.39. The number of phenolic OH excluding ortho intramolecular Hbond substituents is 1. The molecule has 3 nitrogen and oxygen atoms in total. The fourth-order valence-electron chi connectivity index (χ4n) is 0.578. The number of hydrogen-bond donors (Lipinski definition) is 2. The molecule has 0 heterocycles. The molecule has 0 atom stereocenters. The first-order valence-corrected chi connectivity index (χ1v) is 2.64. The molecule has 1 rings (SSSR count). The zero-order chi connectivity index (χ0) is 7.56. The Kier molecular flexibility index (Phi) is 1.58. The van der Waals surface area contributed by atoms with Gasteiger partial charge >= 0.3 is 5.97 Å². The topological polar surface area (TPSA) is 57.5 Å². The maximum atomic E-state index is 10.2. The molecule has 2 N–H and O–H groups in total. The van der Waals surface area contributed by atoms with E-state index in [0.29, 0.717) is 0 Å². The summed E-state index contributed by atoms with van der Waals surface area (Å²) in [6.45, 7) is 0. The Labute approximate surface area is 57.5 Å². The number of carboxylic acids is 1. The number of benzene rings is 1. The molecular weight excluding hydrogens is 132 g/mol. The summed E-state index contributed by atoms with van der Waals surface area (Å²) < 4.78 is 0. The van der Waals surface area contributed by atoms with Crippen LogP contribution in [0.1, 0.15) is 10.4 Å². The van der Waals surface area contributed by atoms with Crippen LogP contribution in [0.4, 0.5) is 0 Å². The van der Waals surface area contributed by atoms with E-state index in [-0.39, 0.29) is 11.3 Å². The molecule has 0 unspecified atom stereocenters. The quantitative estimate of drug-likeness (QED) is 0.604. The number of phenols is 1. The molecule has 0 bridgehead atoms. The summed E-state index contributed by atoms with van der Waals surface area (Å²) in [7, 11) is 0. The van der Waals surface area contributed by atoms with Crippen LogP contribution >= 0.6 is 0 Å². The molecule has 51 valence electrons. The lowest BCUT2D eigenvalue weighted by molar-refractivity contribution is 0.0696. The van der Waals surface area contributed by atoms with E-state index < -0.39 is 5.97 Å². The standard InChI is InChI=1S/C7H5O3/c8-6-3-1-2-5(4-6)7(9)10/h1,3-4,8H,(H,9,10). The summed E-state index contributed by atoms with van der Waals surface area (Å²) in [5.41, 5.74) is -0.0278. The van der Waals surface area contributed by atoms with Gasteiger partial charge in [-0.1, -0.05) is 0 Å². The molecule has 10 heavy (non-hydrogen) atoms. The summed E-state index contributed by atoms with van der Waals surface area (Å²) in [6.07, 6.45) is 0. The Hall–Kier alpha value is -1.51. The second-order valence-corrected chi connectivity index (χ2v) is 1.77. The molecule has 0 aliphatic heterocycles. The first-order chi connectivity index (χ1) is 4.70. The molecule has 1 radical (unpaired) electrons. The Bertz CT molecular complexity index is 255. The van der Waals surface area contributed by atoms with Crippen LogP contribution in [0.5, 0.6) is 5.75 Å². The highest BCUT2D eigenvalue weighted by molar-refractivity contribution is 5.87. The predicted molar refractivity (Wildman–Crippen MR) is 33.9 cm³/mol. The molecule has 3 heteroatoms. The first kappa shape index (κ1) is 6.61. The van der Waals surface area contributed by atoms with Crippen molar-refractivity contribution in [2.24, 2.45) is 0 Å². The van der Waals surface area contributed by atoms with Gasteiger partial charge in [0.2, 0.25) is 0 Å². The highest BCUT2D eigenvalue weighted by Gasteiger charge is 2.01. The third-order valence-corrected chi connectivity index (χ3v) is 1.02. The third-order valence-electron chi connectivity index (χ3n) is 1.02. The molecule has 0 saturated heterocycles. The van der Waals surface area contributed by atoms with E-state index in [1.807, 2.05) is 0 Å². The van der Waals surface area contributed by atoms with Gasteiger partial charge in [-0.25, -0.2) is 4.79 Å². The van der Waals surface area contributed by atoms with Gasteiger partial charge in [-0.05, 0) is 24.3 Å². The second-order valence-electron chi connectivity index (χ2n) is 1.77. The molecule has 0 aromatic heterocycles. The molecule has 1 aromatic carbocycles. The van der Waals surface area contributed by atoms with Crippen molar-refractivity contribution in [1.29, 1.82) is 0 Å². The van der Waals surface area contributed by atoms with E-state index in [9.17, 15) is 4.79 Å². The highest BCUT2D eigenvalue weighted by Crippen LogP contribution is 2.09. The van der Waals surface area contributed by atoms with Crippen LogP contribution in [0.25, 0.3) is 0 Å². The van der Waals surface area contributed by atoms with Gasteiger partial charge in [0, 0.05) is 0 Å². The smallest absolute Gasteiger partial charge is 0.336 e. The van der Waals surface area contributed by atoms with Crippen molar-refractivity contribution < 1.29 is 15.0 Å². The highest BCUT2D eigenvalue weighted by atomic mass is 16.4. The summed E-state index contributed by atoms with van der Waals surface area (Å²) in [5.74, 6) is -1.15. The lowest BCUT2D eigenvalue weighted by atomic mass is 10.2. The van der Waals surface area contributed by atoms with Crippen molar-refractivity contribution in [2.75, 3.05) is 0 Å². The largest absolute Gasteiger partial charge is 0.508 e. The minimum Gasteiger partial charge on any atom is -0.508 e. The monoisotopic (exact) mass is 137 g/mol. The lowest BCUT2D eigenvalue weighted by Crippen LogP contribution is -1.94. The van der Waals surface area contributed by atoms with Crippen molar-refractivity contribution in [1.82, 2.24) is 0 Å². The number of aromatic hydroxyl groups is 1. The van der Waals surface area contributed by atoms with E-state index in [0.717, 1.165) is 6.07 Å². The summed E-state index contributed by atoms with van der Waals surface area (Å²) in [5, 5.41) is 17.1.